The van der Waals surface area contributed by atoms with Crippen molar-refractivity contribution in [3.63, 3.8) is 0 Å². The number of halogens is 1. The van der Waals surface area contributed by atoms with Crippen LogP contribution in [0.3, 0.4) is 0 Å². The van der Waals surface area contributed by atoms with E-state index in [9.17, 15) is 14.9 Å². The molecule has 27 heavy (non-hydrogen) atoms. The van der Waals surface area contributed by atoms with Gasteiger partial charge in [0.05, 0.1) is 17.6 Å². The molecule has 0 spiro atoms. The van der Waals surface area contributed by atoms with Crippen molar-refractivity contribution < 1.29 is 14.1 Å². The molecular formula is C19H14ClN3O4. The number of amides is 1. The van der Waals surface area contributed by atoms with E-state index in [-0.39, 0.29) is 23.0 Å². The zero-order valence-corrected chi connectivity index (χ0v) is 14.7. The minimum absolute atomic E-state index is 0.0539. The fourth-order valence-corrected chi connectivity index (χ4v) is 2.56. The third kappa shape index (κ3) is 4.80. The fraction of sp³-hybridized carbons (Fsp3) is 0.0526. The molecule has 0 aliphatic rings. The predicted octanol–water partition coefficient (Wildman–Crippen LogP) is 4.20. The van der Waals surface area contributed by atoms with Crippen LogP contribution in [0.25, 0.3) is 11.3 Å². The highest BCUT2D eigenvalue weighted by molar-refractivity contribution is 6.32. The molecule has 3 rings (SSSR count). The highest BCUT2D eigenvalue weighted by Gasteiger charge is 2.15. The minimum atomic E-state index is -0.556. The topological polar surface area (TPSA) is 97.7 Å². The Hall–Kier alpha value is -3.45. The average molecular weight is 384 g/mol. The number of rotatable bonds is 6. The highest BCUT2D eigenvalue weighted by Crippen LogP contribution is 2.30. The fourth-order valence-electron chi connectivity index (χ4n) is 2.37. The number of benzene rings is 2. The molecule has 0 atom stereocenters. The zero-order valence-electron chi connectivity index (χ0n) is 14.0. The molecule has 2 aromatic carbocycles. The maximum Gasteiger partial charge on any atom is 0.288 e. The first-order valence-electron chi connectivity index (χ1n) is 7.93. The van der Waals surface area contributed by atoms with Gasteiger partial charge in [-0.25, -0.2) is 5.43 Å². The molecule has 0 unspecified atom stereocenters. The molecule has 0 aliphatic heterocycles. The van der Waals surface area contributed by atoms with Crippen LogP contribution in [0.4, 0.5) is 5.69 Å². The number of nitro benzene ring substituents is 1. The van der Waals surface area contributed by atoms with Gasteiger partial charge < -0.3 is 4.42 Å². The molecule has 0 saturated heterocycles. The number of furan rings is 1. The summed E-state index contributed by atoms with van der Waals surface area (Å²) in [6.07, 6.45) is 1.58. The molecule has 3 aromatic rings. The van der Waals surface area contributed by atoms with Crippen molar-refractivity contribution in [2.75, 3.05) is 0 Å². The third-order valence-electron chi connectivity index (χ3n) is 3.64. The maximum atomic E-state index is 11.8. The van der Waals surface area contributed by atoms with Gasteiger partial charge in [0, 0.05) is 11.6 Å². The summed E-state index contributed by atoms with van der Waals surface area (Å²) in [5, 5.41) is 14.9. The van der Waals surface area contributed by atoms with E-state index in [0.717, 1.165) is 5.56 Å². The van der Waals surface area contributed by atoms with Crippen LogP contribution in [0.2, 0.25) is 5.02 Å². The number of nitro groups is 1. The van der Waals surface area contributed by atoms with Gasteiger partial charge in [-0.05, 0) is 29.8 Å². The van der Waals surface area contributed by atoms with E-state index in [0.29, 0.717) is 17.1 Å². The Morgan fingerprint density at radius 2 is 1.96 bits per heavy atom. The van der Waals surface area contributed by atoms with E-state index in [1.165, 1.54) is 18.3 Å². The van der Waals surface area contributed by atoms with Crippen LogP contribution in [0.5, 0.6) is 0 Å². The summed E-state index contributed by atoms with van der Waals surface area (Å²) < 4.78 is 5.58. The van der Waals surface area contributed by atoms with Crippen LogP contribution in [0.15, 0.2) is 70.2 Å². The summed E-state index contributed by atoms with van der Waals surface area (Å²) in [7, 11) is 0. The van der Waals surface area contributed by atoms with E-state index >= 15 is 0 Å². The Labute approximate surface area is 159 Å². The smallest absolute Gasteiger partial charge is 0.288 e. The Morgan fingerprint density at radius 1 is 1.19 bits per heavy atom. The lowest BCUT2D eigenvalue weighted by molar-refractivity contribution is -0.384. The van der Waals surface area contributed by atoms with E-state index in [1.807, 2.05) is 30.3 Å². The average Bonchev–Trinajstić information content (AvgIpc) is 3.11. The number of nitrogens with one attached hydrogen (secondary N) is 1. The van der Waals surface area contributed by atoms with Gasteiger partial charge in [-0.15, -0.1) is 0 Å². The van der Waals surface area contributed by atoms with Gasteiger partial charge in [-0.1, -0.05) is 41.9 Å². The first-order chi connectivity index (χ1) is 13.0. The predicted molar refractivity (Wildman–Crippen MR) is 102 cm³/mol. The maximum absolute atomic E-state index is 11.8. The van der Waals surface area contributed by atoms with Gasteiger partial charge >= 0.3 is 0 Å². The van der Waals surface area contributed by atoms with Crippen molar-refractivity contribution in [1.29, 1.82) is 0 Å². The van der Waals surface area contributed by atoms with Gasteiger partial charge in [-0.3, -0.25) is 14.9 Å². The molecule has 0 bridgehead atoms. The Bertz CT molecular complexity index is 999. The van der Waals surface area contributed by atoms with Crippen LogP contribution in [0.1, 0.15) is 11.3 Å². The second kappa shape index (κ2) is 8.29. The molecule has 1 heterocycles. The lowest BCUT2D eigenvalue weighted by Gasteiger charge is -2.00. The van der Waals surface area contributed by atoms with Crippen LogP contribution in [0, 0.1) is 10.1 Å². The standard InChI is InChI=1S/C19H14ClN3O4/c20-16-8-6-14(11-17(16)23(25)26)18-9-7-15(27-18)12-21-22-19(24)10-13-4-2-1-3-5-13/h1-9,11-12H,10H2,(H,22,24)/b21-12-. The summed E-state index contributed by atoms with van der Waals surface area (Å²) in [5.74, 6) is 0.562. The molecular weight excluding hydrogens is 370 g/mol. The van der Waals surface area contributed by atoms with Gasteiger partial charge in [0.15, 0.2) is 0 Å². The first-order valence-corrected chi connectivity index (χ1v) is 8.31. The molecule has 0 aliphatic carbocycles. The number of hydrogen-bond donors (Lipinski definition) is 1. The van der Waals surface area contributed by atoms with Gasteiger partial charge in [0.2, 0.25) is 5.91 Å². The molecule has 1 aromatic heterocycles. The summed E-state index contributed by atoms with van der Waals surface area (Å²) in [6, 6.07) is 17.0. The molecule has 136 valence electrons. The molecule has 1 amide bonds. The van der Waals surface area contributed by atoms with E-state index in [1.54, 1.807) is 18.2 Å². The van der Waals surface area contributed by atoms with Crippen molar-refractivity contribution in [1.82, 2.24) is 5.43 Å². The number of carbonyl (C=O) groups excluding carboxylic acids is 1. The van der Waals surface area contributed by atoms with Crippen LogP contribution >= 0.6 is 11.6 Å². The van der Waals surface area contributed by atoms with Gasteiger partial charge in [0.25, 0.3) is 5.69 Å². The van der Waals surface area contributed by atoms with E-state index in [2.05, 4.69) is 10.5 Å². The van der Waals surface area contributed by atoms with Crippen molar-refractivity contribution in [2.45, 2.75) is 6.42 Å². The summed E-state index contributed by atoms with van der Waals surface area (Å²) >= 11 is 5.81. The number of nitrogens with zero attached hydrogens (tertiary/aromatic N) is 2. The highest BCUT2D eigenvalue weighted by atomic mass is 35.5. The summed E-state index contributed by atoms with van der Waals surface area (Å²) in [4.78, 5) is 22.3. The Balaban J connectivity index is 1.64. The normalized spacial score (nSPS) is 10.9. The monoisotopic (exact) mass is 383 g/mol. The van der Waals surface area contributed by atoms with Crippen molar-refractivity contribution in [3.8, 4) is 11.3 Å². The minimum Gasteiger partial charge on any atom is -0.455 e. The summed E-state index contributed by atoms with van der Waals surface area (Å²) in [5.41, 5.74) is 3.62. The zero-order chi connectivity index (χ0) is 19.2. The Morgan fingerprint density at radius 3 is 2.70 bits per heavy atom. The lowest BCUT2D eigenvalue weighted by Crippen LogP contribution is -2.19. The SMILES string of the molecule is O=C(Cc1ccccc1)N/N=C\c1ccc(-c2ccc(Cl)c([N+](=O)[O-])c2)o1. The second-order valence-electron chi connectivity index (χ2n) is 5.58. The van der Waals surface area contributed by atoms with Crippen LogP contribution < -0.4 is 5.43 Å². The summed E-state index contributed by atoms with van der Waals surface area (Å²) in [6.45, 7) is 0. The molecule has 1 N–H and O–H groups in total. The molecule has 0 fully saturated rings. The second-order valence-corrected chi connectivity index (χ2v) is 5.99. The largest absolute Gasteiger partial charge is 0.455 e. The molecule has 0 radical (unpaired) electrons. The van der Waals surface area contributed by atoms with Crippen molar-refractivity contribution >= 4 is 29.4 Å². The quantitative estimate of drug-likeness (QED) is 0.391. The first kappa shape index (κ1) is 18.3. The number of carbonyl (C=O) groups is 1. The number of hydrazone groups is 1. The van der Waals surface area contributed by atoms with Crippen LogP contribution in [-0.4, -0.2) is 17.0 Å². The van der Waals surface area contributed by atoms with E-state index < -0.39 is 4.92 Å². The van der Waals surface area contributed by atoms with Crippen LogP contribution in [-0.2, 0) is 11.2 Å². The molecule has 8 heteroatoms. The lowest BCUT2D eigenvalue weighted by atomic mass is 10.1. The number of hydrogen-bond acceptors (Lipinski definition) is 5. The molecule has 7 nitrogen and oxygen atoms in total. The van der Waals surface area contributed by atoms with Crippen molar-refractivity contribution in [2.24, 2.45) is 5.10 Å². The Kier molecular flexibility index (Phi) is 5.63. The third-order valence-corrected chi connectivity index (χ3v) is 3.96. The van der Waals surface area contributed by atoms with E-state index in [4.69, 9.17) is 16.0 Å². The molecule has 0 saturated carbocycles. The van der Waals surface area contributed by atoms with Gasteiger partial charge in [-0.2, -0.15) is 5.10 Å². The van der Waals surface area contributed by atoms with Crippen molar-refractivity contribution in [3.05, 3.63) is 87.1 Å². The van der Waals surface area contributed by atoms with Gasteiger partial charge in [0.1, 0.15) is 16.5 Å².